The zero-order valence-corrected chi connectivity index (χ0v) is 22.8. The highest BCUT2D eigenvalue weighted by molar-refractivity contribution is 14.2. The number of aromatic nitrogens is 6. The molecule has 1 atom stereocenters. The van der Waals surface area contributed by atoms with E-state index in [1.165, 1.54) is 0 Å². The van der Waals surface area contributed by atoms with Gasteiger partial charge in [-0.15, -0.1) is 0 Å². The molecule has 5 rings (SSSR count). The summed E-state index contributed by atoms with van der Waals surface area (Å²) >= 11 is 2.32. The third kappa shape index (κ3) is 4.57. The fourth-order valence-corrected chi connectivity index (χ4v) is 5.99. The first-order chi connectivity index (χ1) is 17.5. The van der Waals surface area contributed by atoms with E-state index < -0.39 is 0 Å². The molecule has 0 bridgehead atoms. The highest BCUT2D eigenvalue weighted by atomic mass is 127. The number of ether oxygens (including phenoxy) is 1. The fraction of sp³-hybridized carbons (Fsp3) is 0.125. The van der Waals surface area contributed by atoms with Gasteiger partial charge in [-0.1, -0.05) is 12.1 Å². The normalized spacial score (nSPS) is 11.2. The van der Waals surface area contributed by atoms with Gasteiger partial charge in [0.15, 0.2) is 5.65 Å². The van der Waals surface area contributed by atoms with E-state index in [4.69, 9.17) is 14.7 Å². The SMILES string of the molecule is COc1cc(-c2cncn2C)ccc1Nc1cc(Nc2cccc(C#N)n2)nc2c1nc(C)n2PI. The molecule has 0 fully saturated rings. The highest BCUT2D eigenvalue weighted by Crippen LogP contribution is 2.38. The Morgan fingerprint density at radius 1 is 1.06 bits per heavy atom. The molecule has 0 aliphatic heterocycles. The van der Waals surface area contributed by atoms with E-state index in [1.807, 2.05) is 49.0 Å². The molecule has 0 amide bonds. The van der Waals surface area contributed by atoms with Crippen molar-refractivity contribution in [2.24, 2.45) is 7.05 Å². The van der Waals surface area contributed by atoms with Crippen molar-refractivity contribution in [1.29, 1.82) is 5.26 Å². The number of rotatable bonds is 7. The number of nitrogens with zero attached hydrogens (tertiary/aromatic N) is 7. The summed E-state index contributed by atoms with van der Waals surface area (Å²) in [7, 11) is 3.60. The third-order valence-electron chi connectivity index (χ3n) is 5.57. The van der Waals surface area contributed by atoms with Gasteiger partial charge in [0.1, 0.15) is 40.5 Å². The van der Waals surface area contributed by atoms with Gasteiger partial charge in [-0.05, 0) is 53.2 Å². The zero-order chi connectivity index (χ0) is 25.2. The van der Waals surface area contributed by atoms with Crippen LogP contribution < -0.4 is 15.4 Å². The van der Waals surface area contributed by atoms with Crippen molar-refractivity contribution in [3.63, 3.8) is 0 Å². The molecule has 10 nitrogen and oxygen atoms in total. The number of hydrogen-bond donors (Lipinski definition) is 2. The number of methoxy groups -OCH3 is 1. The second-order valence-electron chi connectivity index (χ2n) is 7.88. The van der Waals surface area contributed by atoms with Gasteiger partial charge >= 0.3 is 0 Å². The van der Waals surface area contributed by atoms with Gasteiger partial charge in [-0.25, -0.2) is 19.9 Å². The van der Waals surface area contributed by atoms with E-state index in [2.05, 4.69) is 53.0 Å². The van der Waals surface area contributed by atoms with Crippen molar-refractivity contribution in [1.82, 2.24) is 28.8 Å². The van der Waals surface area contributed by atoms with Crippen molar-refractivity contribution in [2.45, 2.75) is 6.92 Å². The minimum absolute atomic E-state index is 0.326. The van der Waals surface area contributed by atoms with E-state index in [9.17, 15) is 5.26 Å². The molecule has 0 radical (unpaired) electrons. The first kappa shape index (κ1) is 24.0. The third-order valence-corrected chi connectivity index (χ3v) is 7.72. The number of hydrogen-bond acceptors (Lipinski definition) is 8. The maximum atomic E-state index is 9.20. The van der Waals surface area contributed by atoms with E-state index in [1.54, 1.807) is 31.6 Å². The highest BCUT2D eigenvalue weighted by Gasteiger charge is 2.17. The Morgan fingerprint density at radius 3 is 2.64 bits per heavy atom. The number of nitrogens with one attached hydrogen (secondary N) is 2. The average molecular weight is 609 g/mol. The molecule has 5 aromatic rings. The summed E-state index contributed by atoms with van der Waals surface area (Å²) in [6, 6.07) is 15.1. The number of anilines is 4. The predicted molar refractivity (Wildman–Crippen MR) is 151 cm³/mol. The van der Waals surface area contributed by atoms with Crippen LogP contribution in [0.15, 0.2) is 55.0 Å². The van der Waals surface area contributed by atoms with Crippen LogP contribution in [0.5, 0.6) is 5.75 Å². The Labute approximate surface area is 222 Å². The predicted octanol–water partition coefficient (Wildman–Crippen LogP) is 5.69. The van der Waals surface area contributed by atoms with Crippen LogP contribution in [0.1, 0.15) is 11.5 Å². The molecule has 1 unspecified atom stereocenters. The lowest BCUT2D eigenvalue weighted by atomic mass is 10.1. The maximum absolute atomic E-state index is 9.20. The van der Waals surface area contributed by atoms with E-state index in [-0.39, 0.29) is 0 Å². The van der Waals surface area contributed by atoms with E-state index in [0.717, 1.165) is 39.6 Å². The summed E-state index contributed by atoms with van der Waals surface area (Å²) in [6.07, 6.45) is 4.02. The van der Waals surface area contributed by atoms with Crippen molar-refractivity contribution in [2.75, 3.05) is 17.7 Å². The van der Waals surface area contributed by atoms with Crippen molar-refractivity contribution in [3.8, 4) is 23.1 Å². The van der Waals surface area contributed by atoms with Gasteiger partial charge in [0.2, 0.25) is 0 Å². The molecule has 12 heteroatoms. The van der Waals surface area contributed by atoms with Gasteiger partial charge < -0.3 is 19.9 Å². The summed E-state index contributed by atoms with van der Waals surface area (Å²) in [4.78, 5) is 18.1. The number of aryl methyl sites for hydroxylation is 2. The van der Waals surface area contributed by atoms with E-state index in [0.29, 0.717) is 29.5 Å². The van der Waals surface area contributed by atoms with Crippen LogP contribution in [0.2, 0.25) is 0 Å². The fourth-order valence-electron chi connectivity index (χ4n) is 3.85. The lowest BCUT2D eigenvalue weighted by Crippen LogP contribution is -2.01. The van der Waals surface area contributed by atoms with Crippen molar-refractivity contribution >= 4 is 62.6 Å². The molecular formula is C24H21IN9OP. The smallest absolute Gasteiger partial charge is 0.168 e. The Balaban J connectivity index is 1.58. The molecule has 0 spiro atoms. The number of fused-ring (bicyclic) bond motifs is 1. The van der Waals surface area contributed by atoms with Crippen LogP contribution in [0.25, 0.3) is 22.4 Å². The zero-order valence-electron chi connectivity index (χ0n) is 19.6. The molecule has 4 aromatic heterocycles. The molecule has 36 heavy (non-hydrogen) atoms. The Kier molecular flexibility index (Phi) is 6.71. The van der Waals surface area contributed by atoms with Crippen LogP contribution >= 0.6 is 28.4 Å². The summed E-state index contributed by atoms with van der Waals surface area (Å²) in [5.74, 6) is 2.66. The lowest BCUT2D eigenvalue weighted by Gasteiger charge is -2.15. The standard InChI is InChI=1S/C24H21IN9OP/c1-14-28-23-18(30-17-8-7-15(9-20(17)35-3)19-12-27-13-33(19)2)10-22(32-24(23)34(14)36-25)31-21-6-4-5-16(11-26)29-21/h4-10,12-13,36H,1-3H3,(H2,29,30,31,32). The molecule has 0 aliphatic carbocycles. The molecular weight excluding hydrogens is 588 g/mol. The van der Waals surface area contributed by atoms with Crippen LogP contribution in [0.3, 0.4) is 0 Å². The van der Waals surface area contributed by atoms with Crippen molar-refractivity contribution < 1.29 is 4.74 Å². The quantitative estimate of drug-likeness (QED) is 0.179. The van der Waals surface area contributed by atoms with Gasteiger partial charge in [0, 0.05) is 18.7 Å². The van der Waals surface area contributed by atoms with Crippen molar-refractivity contribution in [3.05, 3.63) is 66.5 Å². The maximum Gasteiger partial charge on any atom is 0.168 e. The van der Waals surface area contributed by atoms with Crippen LogP contribution in [0.4, 0.5) is 23.0 Å². The molecule has 4 heterocycles. The number of halogens is 1. The first-order valence-electron chi connectivity index (χ1n) is 10.8. The summed E-state index contributed by atoms with van der Waals surface area (Å²) in [5, 5.41) is 15.9. The summed E-state index contributed by atoms with van der Waals surface area (Å²) in [6.45, 7) is 1.96. The molecule has 0 saturated carbocycles. The van der Waals surface area contributed by atoms with Gasteiger partial charge in [0.05, 0.1) is 43.1 Å². The molecule has 1 aromatic carbocycles. The second kappa shape index (κ2) is 10.1. The molecule has 0 saturated heterocycles. The van der Waals surface area contributed by atoms with Crippen LogP contribution in [0, 0.1) is 18.3 Å². The Hall–Kier alpha value is -3.75. The Bertz CT molecular complexity index is 1620. The van der Waals surface area contributed by atoms with Gasteiger partial charge in [-0.2, -0.15) is 5.26 Å². The minimum Gasteiger partial charge on any atom is -0.495 e. The average Bonchev–Trinajstić information content (AvgIpc) is 3.46. The number of imidazole rings is 2. The monoisotopic (exact) mass is 609 g/mol. The molecule has 180 valence electrons. The second-order valence-corrected chi connectivity index (χ2v) is 9.94. The lowest BCUT2D eigenvalue weighted by molar-refractivity contribution is 0.417. The number of nitriles is 1. The first-order valence-corrected chi connectivity index (χ1v) is 14.9. The molecule has 0 aliphatic rings. The number of benzene rings is 1. The van der Waals surface area contributed by atoms with Crippen LogP contribution in [-0.2, 0) is 7.05 Å². The molecule has 2 N–H and O–H groups in total. The largest absolute Gasteiger partial charge is 0.495 e. The minimum atomic E-state index is 0.326. The van der Waals surface area contributed by atoms with Crippen LogP contribution in [-0.4, -0.2) is 36.0 Å². The number of pyridine rings is 2. The topological polar surface area (TPSA) is 118 Å². The summed E-state index contributed by atoms with van der Waals surface area (Å²) < 4.78 is 9.74. The summed E-state index contributed by atoms with van der Waals surface area (Å²) in [5.41, 5.74) is 5.36. The van der Waals surface area contributed by atoms with Gasteiger partial charge in [-0.3, -0.25) is 4.34 Å². The van der Waals surface area contributed by atoms with Gasteiger partial charge in [0.25, 0.3) is 0 Å². The van der Waals surface area contributed by atoms with E-state index >= 15 is 0 Å². The Morgan fingerprint density at radius 2 is 1.92 bits per heavy atom.